The number of carboxylic acids is 4. The van der Waals surface area contributed by atoms with Gasteiger partial charge >= 0.3 is 53.4 Å². The van der Waals surface area contributed by atoms with Crippen molar-refractivity contribution < 1.29 is 92.5 Å². The van der Waals surface area contributed by atoms with Crippen LogP contribution in [0.3, 0.4) is 0 Å². The molecule has 0 radical (unpaired) electrons. The molecule has 0 aliphatic carbocycles. The molecule has 15 heteroatoms. The van der Waals surface area contributed by atoms with Gasteiger partial charge < -0.3 is 55.2 Å². The molecule has 16 N–H and O–H groups in total. The SMILES string of the molecule is NC(CC(=O)O)(CC(=O)O)C(N)(CC(=O)O)CC(=O)O.O.O.O.O.[H-].[Na+]. The van der Waals surface area contributed by atoms with E-state index in [0.29, 0.717) is 0 Å². The maximum Gasteiger partial charge on any atom is 1.00 e. The predicted octanol–water partition coefficient (Wildman–Crippen LogP) is -7.90. The Kier molecular flexibility index (Phi) is 23.3. The van der Waals surface area contributed by atoms with Crippen molar-refractivity contribution in [2.45, 2.75) is 36.8 Å². The molecule has 0 bridgehead atoms. The summed E-state index contributed by atoms with van der Waals surface area (Å²) in [5, 5.41) is 35.1. The minimum Gasteiger partial charge on any atom is -1.00 e. The molecule has 0 rings (SSSR count). The predicted molar refractivity (Wildman–Crippen MR) is 78.4 cm³/mol. The summed E-state index contributed by atoms with van der Waals surface area (Å²) in [5.41, 5.74) is 6.88. The van der Waals surface area contributed by atoms with E-state index < -0.39 is 60.6 Å². The topological polar surface area (TPSA) is 327 Å². The molecule has 0 aromatic heterocycles. The van der Waals surface area contributed by atoms with Gasteiger partial charge in [0.15, 0.2) is 0 Å². The van der Waals surface area contributed by atoms with Gasteiger partial charge in [-0.3, -0.25) is 19.2 Å². The van der Waals surface area contributed by atoms with E-state index in [1.807, 2.05) is 0 Å². The first-order valence-corrected chi connectivity index (χ1v) is 5.37. The molecule has 0 amide bonds. The molecular weight excluding hydrogens is 363 g/mol. The smallest absolute Gasteiger partial charge is 1.00 e. The number of aliphatic carboxylic acids is 4. The molecule has 0 fully saturated rings. The third kappa shape index (κ3) is 12.6. The minimum absolute atomic E-state index is 0. The van der Waals surface area contributed by atoms with E-state index in [4.69, 9.17) is 31.9 Å². The molecule has 14 nitrogen and oxygen atoms in total. The standard InChI is InChI=1S/C10H16N2O8.Na.4H2O.H/c11-9(1-5(13)14,2-6(15)16)10(12,3-7(17)18)4-8(19)20;;;;;;/h1-4,11-12H2,(H,13,14)(H,15,16)(H,17,18)(H,19,20);;4*1H2;/q;+1;;;;;-1. The number of nitrogens with two attached hydrogens (primary N) is 2. The average molecular weight is 388 g/mol. The summed E-state index contributed by atoms with van der Waals surface area (Å²) in [6.07, 6.45) is -3.90. The van der Waals surface area contributed by atoms with Crippen LogP contribution in [-0.2, 0) is 19.2 Å². The fraction of sp³-hybridized carbons (Fsp3) is 0.600. The van der Waals surface area contributed by atoms with Crippen LogP contribution >= 0.6 is 0 Å². The van der Waals surface area contributed by atoms with E-state index in [1.54, 1.807) is 0 Å². The number of rotatable bonds is 9. The summed E-state index contributed by atoms with van der Waals surface area (Å²) in [7, 11) is 0. The van der Waals surface area contributed by atoms with E-state index in [0.717, 1.165) is 0 Å². The van der Waals surface area contributed by atoms with Crippen molar-refractivity contribution in [3.8, 4) is 0 Å². The maximum absolute atomic E-state index is 10.8. The van der Waals surface area contributed by atoms with Crippen LogP contribution in [0.25, 0.3) is 0 Å². The molecule has 0 atom stereocenters. The summed E-state index contributed by atoms with van der Waals surface area (Å²) in [4.78, 5) is 43.2. The molecule has 0 saturated carbocycles. The zero-order chi connectivity index (χ0) is 16.1. The van der Waals surface area contributed by atoms with E-state index in [1.165, 1.54) is 0 Å². The minimum atomic E-state index is -2.22. The van der Waals surface area contributed by atoms with Crippen LogP contribution in [0.2, 0.25) is 0 Å². The summed E-state index contributed by atoms with van der Waals surface area (Å²) >= 11 is 0. The van der Waals surface area contributed by atoms with E-state index in [9.17, 15) is 19.2 Å². The molecule has 0 aromatic rings. The van der Waals surface area contributed by atoms with E-state index in [2.05, 4.69) is 0 Å². The average Bonchev–Trinajstić information content (AvgIpc) is 2.10. The number of hydrogen-bond donors (Lipinski definition) is 6. The van der Waals surface area contributed by atoms with Gasteiger partial charge in [0.25, 0.3) is 0 Å². The van der Waals surface area contributed by atoms with Crippen LogP contribution in [0, 0.1) is 0 Å². The molecule has 0 aromatic carbocycles. The first-order chi connectivity index (χ1) is 8.92. The molecule has 0 aliphatic heterocycles. The van der Waals surface area contributed by atoms with Gasteiger partial charge in [-0.15, -0.1) is 0 Å². The Labute approximate surface area is 164 Å². The molecule has 0 aliphatic rings. The van der Waals surface area contributed by atoms with Gasteiger partial charge in [0.2, 0.25) is 0 Å². The van der Waals surface area contributed by atoms with Crippen molar-refractivity contribution in [1.29, 1.82) is 0 Å². The van der Waals surface area contributed by atoms with Crippen molar-refractivity contribution in [3.05, 3.63) is 0 Å². The second-order valence-corrected chi connectivity index (χ2v) is 4.59. The van der Waals surface area contributed by atoms with Gasteiger partial charge in [0.05, 0.1) is 36.8 Å². The maximum atomic E-state index is 10.8. The van der Waals surface area contributed by atoms with Crippen LogP contribution in [0.5, 0.6) is 0 Å². The normalized spacial score (nSPS) is 9.52. The zero-order valence-electron chi connectivity index (χ0n) is 14.4. The fourth-order valence-electron chi connectivity index (χ4n) is 1.91. The molecule has 148 valence electrons. The van der Waals surface area contributed by atoms with Gasteiger partial charge in [0.1, 0.15) is 0 Å². The Balaban J connectivity index is -0.000000120. The summed E-state index contributed by atoms with van der Waals surface area (Å²) < 4.78 is 0. The van der Waals surface area contributed by atoms with Crippen molar-refractivity contribution in [3.63, 3.8) is 0 Å². The molecule has 0 spiro atoms. The van der Waals surface area contributed by atoms with Crippen molar-refractivity contribution in [2.75, 3.05) is 0 Å². The Morgan fingerprint density at radius 3 is 0.800 bits per heavy atom. The Bertz CT molecular complexity index is 378. The van der Waals surface area contributed by atoms with Crippen LogP contribution in [0.1, 0.15) is 27.1 Å². The zero-order valence-corrected chi connectivity index (χ0v) is 15.4. The molecular formula is C10H25N2NaO12. The van der Waals surface area contributed by atoms with Crippen LogP contribution in [0.4, 0.5) is 0 Å². The first kappa shape index (κ1) is 38.9. The quantitative estimate of drug-likeness (QED) is 0.202. The van der Waals surface area contributed by atoms with Crippen LogP contribution in [-0.4, -0.2) is 77.3 Å². The summed E-state index contributed by atoms with van der Waals surface area (Å²) in [6.45, 7) is 0. The van der Waals surface area contributed by atoms with Crippen LogP contribution < -0.4 is 41.0 Å². The monoisotopic (exact) mass is 388 g/mol. The van der Waals surface area contributed by atoms with E-state index >= 15 is 0 Å². The Morgan fingerprint density at radius 2 is 0.720 bits per heavy atom. The summed E-state index contributed by atoms with van der Waals surface area (Å²) in [6, 6.07) is 0. The number of carboxylic acid groups (broad SMARTS) is 4. The van der Waals surface area contributed by atoms with E-state index in [-0.39, 0.29) is 52.9 Å². The first-order valence-electron chi connectivity index (χ1n) is 5.37. The third-order valence-electron chi connectivity index (χ3n) is 2.86. The second-order valence-electron chi connectivity index (χ2n) is 4.59. The van der Waals surface area contributed by atoms with Crippen molar-refractivity contribution >= 4 is 23.9 Å². The molecule has 25 heavy (non-hydrogen) atoms. The summed E-state index contributed by atoms with van der Waals surface area (Å²) in [5.74, 6) is -6.06. The second kappa shape index (κ2) is 14.9. The van der Waals surface area contributed by atoms with Gasteiger partial charge in [-0.25, -0.2) is 0 Å². The van der Waals surface area contributed by atoms with Gasteiger partial charge in [-0.1, -0.05) is 0 Å². The third-order valence-corrected chi connectivity index (χ3v) is 2.86. The largest absolute Gasteiger partial charge is 1.00 e. The van der Waals surface area contributed by atoms with Crippen molar-refractivity contribution in [2.24, 2.45) is 11.5 Å². The Morgan fingerprint density at radius 1 is 0.600 bits per heavy atom. The molecule has 0 saturated heterocycles. The number of carbonyl (C=O) groups is 4. The van der Waals surface area contributed by atoms with Crippen LogP contribution in [0.15, 0.2) is 0 Å². The van der Waals surface area contributed by atoms with Crippen molar-refractivity contribution in [1.82, 2.24) is 0 Å². The fourth-order valence-corrected chi connectivity index (χ4v) is 1.91. The Hall–Kier alpha value is -1.36. The molecule has 0 unspecified atom stereocenters. The van der Waals surface area contributed by atoms with Gasteiger partial charge in [-0.2, -0.15) is 0 Å². The molecule has 0 heterocycles. The van der Waals surface area contributed by atoms with Gasteiger partial charge in [-0.05, 0) is 0 Å². The number of hydrogen-bond acceptors (Lipinski definition) is 6. The van der Waals surface area contributed by atoms with Gasteiger partial charge in [0, 0.05) is 0 Å².